The lowest BCUT2D eigenvalue weighted by molar-refractivity contribution is -0.106. The van der Waals surface area contributed by atoms with E-state index in [4.69, 9.17) is 0 Å². The third-order valence-corrected chi connectivity index (χ3v) is 2.92. The van der Waals surface area contributed by atoms with Gasteiger partial charge in [-0.15, -0.1) is 0 Å². The number of aldehydes is 1. The van der Waals surface area contributed by atoms with E-state index < -0.39 is 5.83 Å². The van der Waals surface area contributed by atoms with Crippen LogP contribution in [0, 0.1) is 0 Å². The number of unbranched alkanes of at least 4 members (excludes halogenated alkanes) is 1. The molecule has 0 atom stereocenters. The number of carbonyl (C=O) groups is 3. The molecule has 0 fully saturated rings. The van der Waals surface area contributed by atoms with Crippen molar-refractivity contribution < 1.29 is 18.8 Å². The summed E-state index contributed by atoms with van der Waals surface area (Å²) in [5, 5.41) is 0. The van der Waals surface area contributed by atoms with Crippen LogP contribution in [0.5, 0.6) is 0 Å². The second-order valence-corrected chi connectivity index (χ2v) is 4.16. The standard InChI is InChI=1S/C14H12FNO3/c15-10(9-17)5-3-4-8-16-13(18)11-6-1-2-7-12(11)14(16)19/h1-2,5-7,9H,3-4,8H2. The van der Waals surface area contributed by atoms with Crippen LogP contribution in [0.1, 0.15) is 33.6 Å². The summed E-state index contributed by atoms with van der Waals surface area (Å²) in [7, 11) is 0. The first-order valence-corrected chi connectivity index (χ1v) is 5.91. The second-order valence-electron chi connectivity index (χ2n) is 4.16. The van der Waals surface area contributed by atoms with Gasteiger partial charge >= 0.3 is 0 Å². The lowest BCUT2D eigenvalue weighted by Gasteiger charge is -2.12. The van der Waals surface area contributed by atoms with Gasteiger partial charge in [-0.2, -0.15) is 0 Å². The number of carbonyl (C=O) groups excluding carboxylic acids is 3. The summed E-state index contributed by atoms with van der Waals surface area (Å²) in [5.41, 5.74) is 0.809. The smallest absolute Gasteiger partial charge is 0.261 e. The molecule has 0 spiro atoms. The molecule has 0 aliphatic carbocycles. The first kappa shape index (κ1) is 13.1. The van der Waals surface area contributed by atoms with Gasteiger partial charge in [-0.05, 0) is 31.1 Å². The highest BCUT2D eigenvalue weighted by atomic mass is 19.1. The van der Waals surface area contributed by atoms with Crippen LogP contribution in [-0.2, 0) is 4.79 Å². The number of nitrogens with zero attached hydrogens (tertiary/aromatic N) is 1. The van der Waals surface area contributed by atoms with Crippen LogP contribution in [-0.4, -0.2) is 29.5 Å². The summed E-state index contributed by atoms with van der Waals surface area (Å²) in [6.07, 6.45) is 2.00. The molecule has 0 saturated carbocycles. The van der Waals surface area contributed by atoms with Crippen LogP contribution < -0.4 is 0 Å². The lowest BCUT2D eigenvalue weighted by Crippen LogP contribution is -2.30. The van der Waals surface area contributed by atoms with Gasteiger partial charge in [0.05, 0.1) is 11.1 Å². The predicted octanol–water partition coefficient (Wildman–Crippen LogP) is 2.12. The minimum Gasteiger partial charge on any atom is -0.295 e. The van der Waals surface area contributed by atoms with Crippen LogP contribution >= 0.6 is 0 Å². The molecule has 5 heteroatoms. The van der Waals surface area contributed by atoms with Crippen molar-refractivity contribution in [2.24, 2.45) is 0 Å². The molecule has 0 aromatic heterocycles. The monoisotopic (exact) mass is 261 g/mol. The molecule has 0 radical (unpaired) electrons. The zero-order chi connectivity index (χ0) is 13.8. The largest absolute Gasteiger partial charge is 0.295 e. The van der Waals surface area contributed by atoms with E-state index in [1.54, 1.807) is 24.3 Å². The summed E-state index contributed by atoms with van der Waals surface area (Å²) in [6.45, 7) is 0.217. The quantitative estimate of drug-likeness (QED) is 0.353. The van der Waals surface area contributed by atoms with Gasteiger partial charge in [0, 0.05) is 6.54 Å². The van der Waals surface area contributed by atoms with E-state index in [2.05, 4.69) is 0 Å². The number of fused-ring (bicyclic) bond motifs is 1. The van der Waals surface area contributed by atoms with Crippen molar-refractivity contribution in [3.05, 3.63) is 47.3 Å². The molecule has 1 aliphatic heterocycles. The van der Waals surface area contributed by atoms with E-state index >= 15 is 0 Å². The molecule has 2 rings (SSSR count). The molecule has 1 heterocycles. The Balaban J connectivity index is 1.99. The molecule has 19 heavy (non-hydrogen) atoms. The number of amides is 2. The highest BCUT2D eigenvalue weighted by molar-refractivity contribution is 6.21. The Bertz CT molecular complexity index is 531. The Morgan fingerprint density at radius 2 is 1.74 bits per heavy atom. The van der Waals surface area contributed by atoms with Crippen molar-refractivity contribution in [2.45, 2.75) is 12.8 Å². The van der Waals surface area contributed by atoms with Crippen LogP contribution in [0.3, 0.4) is 0 Å². The molecule has 1 aliphatic rings. The maximum atomic E-state index is 12.5. The average Bonchev–Trinajstić information content (AvgIpc) is 2.68. The fourth-order valence-corrected chi connectivity index (χ4v) is 1.98. The SMILES string of the molecule is O=CC(F)=CCCCN1C(=O)c2ccccc2C1=O. The Kier molecular flexibility index (Phi) is 3.85. The maximum absolute atomic E-state index is 12.5. The zero-order valence-corrected chi connectivity index (χ0v) is 10.1. The third kappa shape index (κ3) is 2.59. The second kappa shape index (κ2) is 5.56. The molecule has 98 valence electrons. The highest BCUT2D eigenvalue weighted by Gasteiger charge is 2.34. The van der Waals surface area contributed by atoms with Gasteiger partial charge < -0.3 is 0 Å². The van der Waals surface area contributed by atoms with Crippen molar-refractivity contribution >= 4 is 18.1 Å². The first-order chi connectivity index (χ1) is 9.15. The Labute approximate surface area is 109 Å². The molecule has 4 nitrogen and oxygen atoms in total. The van der Waals surface area contributed by atoms with Crippen molar-refractivity contribution in [3.63, 3.8) is 0 Å². The van der Waals surface area contributed by atoms with Gasteiger partial charge in [-0.25, -0.2) is 4.39 Å². The number of hydrogen-bond donors (Lipinski definition) is 0. The molecule has 2 amide bonds. The van der Waals surface area contributed by atoms with Crippen molar-refractivity contribution in [1.82, 2.24) is 4.90 Å². The maximum Gasteiger partial charge on any atom is 0.261 e. The van der Waals surface area contributed by atoms with Crippen molar-refractivity contribution in [1.29, 1.82) is 0 Å². The molecule has 1 aromatic rings. The van der Waals surface area contributed by atoms with E-state index in [1.165, 1.54) is 0 Å². The molecular formula is C14H12FNO3. The van der Waals surface area contributed by atoms with Gasteiger partial charge in [-0.3, -0.25) is 19.3 Å². The summed E-state index contributed by atoms with van der Waals surface area (Å²) < 4.78 is 12.5. The number of allylic oxidation sites excluding steroid dienone is 2. The van der Waals surface area contributed by atoms with Crippen LogP contribution in [0.25, 0.3) is 0 Å². The Morgan fingerprint density at radius 3 is 2.26 bits per heavy atom. The summed E-state index contributed by atoms with van der Waals surface area (Å²) >= 11 is 0. The van der Waals surface area contributed by atoms with Crippen LogP contribution in [0.15, 0.2) is 36.2 Å². The van der Waals surface area contributed by atoms with E-state index in [9.17, 15) is 18.8 Å². The number of halogens is 1. The van der Waals surface area contributed by atoms with Gasteiger partial charge in [-0.1, -0.05) is 12.1 Å². The van der Waals surface area contributed by atoms with Crippen LogP contribution in [0.2, 0.25) is 0 Å². The number of imide groups is 1. The van der Waals surface area contributed by atoms with Crippen molar-refractivity contribution in [3.8, 4) is 0 Å². The number of hydrogen-bond acceptors (Lipinski definition) is 3. The third-order valence-electron chi connectivity index (χ3n) is 2.92. The first-order valence-electron chi connectivity index (χ1n) is 5.91. The number of rotatable bonds is 5. The normalized spacial score (nSPS) is 14.8. The molecular weight excluding hydrogens is 249 g/mol. The summed E-state index contributed by atoms with van der Waals surface area (Å²) in [4.78, 5) is 35.1. The lowest BCUT2D eigenvalue weighted by atomic mass is 10.1. The van der Waals surface area contributed by atoms with E-state index in [0.29, 0.717) is 24.0 Å². The molecule has 0 unspecified atom stereocenters. The molecule has 0 N–H and O–H groups in total. The fraction of sp³-hybridized carbons (Fsp3) is 0.214. The molecule has 1 aromatic carbocycles. The minimum atomic E-state index is -0.831. The van der Waals surface area contributed by atoms with Gasteiger partial charge in [0.15, 0.2) is 12.1 Å². The fourth-order valence-electron chi connectivity index (χ4n) is 1.98. The Hall–Kier alpha value is -2.30. The Morgan fingerprint density at radius 1 is 1.16 bits per heavy atom. The average molecular weight is 261 g/mol. The van der Waals surface area contributed by atoms with Crippen molar-refractivity contribution in [2.75, 3.05) is 6.54 Å². The van der Waals surface area contributed by atoms with E-state index in [0.717, 1.165) is 11.0 Å². The van der Waals surface area contributed by atoms with Gasteiger partial charge in [0.25, 0.3) is 11.8 Å². The highest BCUT2D eigenvalue weighted by Crippen LogP contribution is 2.22. The summed E-state index contributed by atoms with van der Waals surface area (Å²) in [5.74, 6) is -1.47. The van der Waals surface area contributed by atoms with E-state index in [-0.39, 0.29) is 24.6 Å². The van der Waals surface area contributed by atoms with Gasteiger partial charge in [0.2, 0.25) is 0 Å². The van der Waals surface area contributed by atoms with Crippen LogP contribution in [0.4, 0.5) is 4.39 Å². The van der Waals surface area contributed by atoms with E-state index in [1.807, 2.05) is 0 Å². The minimum absolute atomic E-state index is 0.127. The predicted molar refractivity (Wildman–Crippen MR) is 66.3 cm³/mol. The number of benzene rings is 1. The van der Waals surface area contributed by atoms with Gasteiger partial charge in [0.1, 0.15) is 0 Å². The molecule has 0 saturated heterocycles. The topological polar surface area (TPSA) is 54.5 Å². The zero-order valence-electron chi connectivity index (χ0n) is 10.1. The summed E-state index contributed by atoms with van der Waals surface area (Å²) in [6, 6.07) is 6.63. The molecule has 0 bridgehead atoms.